The third-order valence-electron chi connectivity index (χ3n) is 3.49. The van der Waals surface area contributed by atoms with Crippen molar-refractivity contribution >= 4 is 28.7 Å². The summed E-state index contributed by atoms with van der Waals surface area (Å²) < 4.78 is 12.0. The van der Waals surface area contributed by atoms with E-state index in [0.29, 0.717) is 17.6 Å². The lowest BCUT2D eigenvalue weighted by atomic mass is 10.1. The Bertz CT molecular complexity index is 867. The van der Waals surface area contributed by atoms with Crippen LogP contribution in [0, 0.1) is 0 Å². The van der Waals surface area contributed by atoms with Gasteiger partial charge in [-0.3, -0.25) is 9.36 Å². The number of fused-ring (bicyclic) bond motifs is 1. The zero-order chi connectivity index (χ0) is 17.6. The van der Waals surface area contributed by atoms with Crippen LogP contribution in [0.2, 0.25) is 5.28 Å². The average Bonchev–Trinajstić information content (AvgIpc) is 2.98. The molecule has 0 atom stereocenters. The summed E-state index contributed by atoms with van der Waals surface area (Å²) in [6, 6.07) is 9.97. The summed E-state index contributed by atoms with van der Waals surface area (Å²) in [6.07, 6.45) is 2.25. The molecule has 0 aliphatic heterocycles. The molecule has 0 aliphatic carbocycles. The molecule has 3 rings (SSSR count). The Kier molecular flexibility index (Phi) is 5.57. The first kappa shape index (κ1) is 17.3. The predicted molar refractivity (Wildman–Crippen MR) is 92.2 cm³/mol. The smallest absolute Gasteiger partial charge is 0.302 e. The lowest BCUT2D eigenvalue weighted by Gasteiger charge is -2.07. The fourth-order valence-electron chi connectivity index (χ4n) is 2.39. The van der Waals surface area contributed by atoms with E-state index in [1.54, 1.807) is 10.9 Å². The van der Waals surface area contributed by atoms with Crippen LogP contribution in [0.1, 0.15) is 18.2 Å². The van der Waals surface area contributed by atoms with E-state index in [-0.39, 0.29) is 31.2 Å². The van der Waals surface area contributed by atoms with Crippen LogP contribution in [-0.4, -0.2) is 38.7 Å². The van der Waals surface area contributed by atoms with Gasteiger partial charge < -0.3 is 9.47 Å². The van der Waals surface area contributed by atoms with Crippen LogP contribution in [-0.2, 0) is 27.4 Å². The molecule has 8 heteroatoms. The van der Waals surface area contributed by atoms with Crippen molar-refractivity contribution in [3.05, 3.63) is 53.2 Å². The fraction of sp³-hybridized carbons (Fsp3) is 0.294. The molecule has 0 amide bonds. The molecule has 7 nitrogen and oxygen atoms in total. The maximum absolute atomic E-state index is 10.7. The molecule has 3 aromatic rings. The Balaban J connectivity index is 1.75. The minimum absolute atomic E-state index is 0.167. The summed E-state index contributed by atoms with van der Waals surface area (Å²) in [5.41, 5.74) is 3.18. The molecule has 2 aromatic heterocycles. The second-order valence-electron chi connectivity index (χ2n) is 5.37. The minimum Gasteiger partial charge on any atom is -0.463 e. The van der Waals surface area contributed by atoms with Crippen molar-refractivity contribution in [1.29, 1.82) is 0 Å². The number of carbonyl (C=O) groups is 1. The highest BCUT2D eigenvalue weighted by molar-refractivity contribution is 6.28. The number of hydrogen-bond donors (Lipinski definition) is 0. The molecule has 25 heavy (non-hydrogen) atoms. The van der Waals surface area contributed by atoms with Crippen molar-refractivity contribution in [2.75, 3.05) is 13.2 Å². The van der Waals surface area contributed by atoms with E-state index in [9.17, 15) is 4.79 Å². The molecule has 0 spiro atoms. The summed E-state index contributed by atoms with van der Waals surface area (Å²) in [5.74, 6) is -0.332. The first-order chi connectivity index (χ1) is 12.1. The van der Waals surface area contributed by atoms with Gasteiger partial charge >= 0.3 is 5.97 Å². The molecule has 1 aromatic carbocycles. The van der Waals surface area contributed by atoms with Crippen molar-refractivity contribution in [1.82, 2.24) is 19.5 Å². The standard InChI is InChI=1S/C17H17ClN4O3/c1-12(23)25-8-7-24-11-22-10-19-15-14(20-17(18)21-16(15)22)9-13-5-3-2-4-6-13/h2-6,10H,7-9,11H2,1H3. The van der Waals surface area contributed by atoms with Gasteiger partial charge in [-0.2, -0.15) is 4.98 Å². The van der Waals surface area contributed by atoms with Gasteiger partial charge in [0.1, 0.15) is 18.9 Å². The quantitative estimate of drug-likeness (QED) is 0.366. The van der Waals surface area contributed by atoms with E-state index >= 15 is 0 Å². The minimum atomic E-state index is -0.332. The third-order valence-corrected chi connectivity index (χ3v) is 3.66. The van der Waals surface area contributed by atoms with E-state index in [1.165, 1.54) is 6.92 Å². The summed E-state index contributed by atoms with van der Waals surface area (Å²) in [5, 5.41) is 0.167. The monoisotopic (exact) mass is 360 g/mol. The van der Waals surface area contributed by atoms with Gasteiger partial charge in [0.2, 0.25) is 5.28 Å². The molecule has 0 fully saturated rings. The summed E-state index contributed by atoms with van der Waals surface area (Å²) >= 11 is 6.08. The number of hydrogen-bond acceptors (Lipinski definition) is 6. The maximum atomic E-state index is 10.7. The number of rotatable bonds is 7. The van der Waals surface area contributed by atoms with Gasteiger partial charge in [-0.1, -0.05) is 30.3 Å². The first-order valence-electron chi connectivity index (χ1n) is 7.76. The number of esters is 1. The van der Waals surface area contributed by atoms with Gasteiger partial charge in [0, 0.05) is 13.3 Å². The Morgan fingerprint density at radius 2 is 2.00 bits per heavy atom. The Morgan fingerprint density at radius 1 is 1.20 bits per heavy atom. The van der Waals surface area contributed by atoms with Crippen molar-refractivity contribution in [2.45, 2.75) is 20.1 Å². The fourth-order valence-corrected chi connectivity index (χ4v) is 2.57. The van der Waals surface area contributed by atoms with Gasteiger partial charge in [0.05, 0.1) is 18.6 Å². The van der Waals surface area contributed by atoms with Crippen LogP contribution < -0.4 is 0 Å². The summed E-state index contributed by atoms with van der Waals surface area (Å²) in [6.45, 7) is 2.08. The van der Waals surface area contributed by atoms with Crippen LogP contribution >= 0.6 is 11.6 Å². The van der Waals surface area contributed by atoms with Crippen LogP contribution in [0.25, 0.3) is 11.2 Å². The van der Waals surface area contributed by atoms with Crippen LogP contribution in [0.5, 0.6) is 0 Å². The van der Waals surface area contributed by atoms with Gasteiger partial charge in [-0.05, 0) is 17.2 Å². The van der Waals surface area contributed by atoms with Gasteiger partial charge in [-0.15, -0.1) is 0 Å². The highest BCUT2D eigenvalue weighted by Crippen LogP contribution is 2.19. The zero-order valence-corrected chi connectivity index (χ0v) is 14.4. The summed E-state index contributed by atoms with van der Waals surface area (Å²) in [4.78, 5) is 23.7. The second kappa shape index (κ2) is 8.04. The maximum Gasteiger partial charge on any atom is 0.302 e. The normalized spacial score (nSPS) is 11.0. The Hall–Kier alpha value is -2.51. The van der Waals surface area contributed by atoms with Crippen molar-refractivity contribution in [3.8, 4) is 0 Å². The van der Waals surface area contributed by atoms with Crippen LogP contribution in [0.15, 0.2) is 36.7 Å². The average molecular weight is 361 g/mol. The predicted octanol–water partition coefficient (Wildman–Crippen LogP) is 2.61. The Morgan fingerprint density at radius 3 is 2.76 bits per heavy atom. The second-order valence-corrected chi connectivity index (χ2v) is 5.70. The molecule has 130 valence electrons. The van der Waals surface area contributed by atoms with E-state index in [2.05, 4.69) is 15.0 Å². The Labute approximate surface area is 149 Å². The topological polar surface area (TPSA) is 79.1 Å². The first-order valence-corrected chi connectivity index (χ1v) is 8.13. The number of halogens is 1. The third kappa shape index (κ3) is 4.52. The van der Waals surface area contributed by atoms with E-state index in [4.69, 9.17) is 21.1 Å². The molecule has 0 bridgehead atoms. The number of nitrogens with zero attached hydrogens (tertiary/aromatic N) is 4. The highest BCUT2D eigenvalue weighted by Gasteiger charge is 2.13. The molecular formula is C17H17ClN4O3. The van der Waals surface area contributed by atoms with E-state index in [1.807, 2.05) is 30.3 Å². The van der Waals surface area contributed by atoms with Crippen molar-refractivity contribution < 1.29 is 14.3 Å². The number of ether oxygens (including phenoxy) is 2. The molecule has 0 aliphatic rings. The number of benzene rings is 1. The number of carbonyl (C=O) groups excluding carboxylic acids is 1. The molecular weight excluding hydrogens is 344 g/mol. The largest absolute Gasteiger partial charge is 0.463 e. The van der Waals surface area contributed by atoms with Crippen molar-refractivity contribution in [2.24, 2.45) is 0 Å². The van der Waals surface area contributed by atoms with Crippen LogP contribution in [0.4, 0.5) is 0 Å². The lowest BCUT2D eigenvalue weighted by molar-refractivity contribution is -0.142. The summed E-state index contributed by atoms with van der Waals surface area (Å²) in [7, 11) is 0. The van der Waals surface area contributed by atoms with Crippen molar-refractivity contribution in [3.63, 3.8) is 0 Å². The zero-order valence-electron chi connectivity index (χ0n) is 13.7. The lowest BCUT2D eigenvalue weighted by Crippen LogP contribution is -2.10. The van der Waals surface area contributed by atoms with E-state index < -0.39 is 0 Å². The molecule has 0 radical (unpaired) electrons. The molecule has 0 saturated carbocycles. The molecule has 0 N–H and O–H groups in total. The molecule has 2 heterocycles. The SMILES string of the molecule is CC(=O)OCCOCn1cnc2c(Cc3ccccc3)nc(Cl)nc21. The molecule has 0 unspecified atom stereocenters. The van der Waals surface area contributed by atoms with E-state index in [0.717, 1.165) is 11.3 Å². The number of imidazole rings is 1. The van der Waals surface area contributed by atoms with Gasteiger partial charge in [0.25, 0.3) is 0 Å². The number of aromatic nitrogens is 4. The molecule has 0 saturated heterocycles. The van der Waals surface area contributed by atoms with Gasteiger partial charge in [0.15, 0.2) is 5.65 Å². The van der Waals surface area contributed by atoms with Gasteiger partial charge in [-0.25, -0.2) is 9.97 Å². The highest BCUT2D eigenvalue weighted by atomic mass is 35.5. The van der Waals surface area contributed by atoms with Crippen LogP contribution in [0.3, 0.4) is 0 Å².